The normalized spacial score (nSPS) is 14.2. The Bertz CT molecular complexity index is 6920. The monoisotopic (exact) mass is 1940 g/mol. The summed E-state index contributed by atoms with van der Waals surface area (Å²) in [5, 5.41) is 27.7. The summed E-state index contributed by atoms with van der Waals surface area (Å²) in [5.41, 5.74) is 24.1. The van der Waals surface area contributed by atoms with Crippen LogP contribution in [-0.2, 0) is 35.1 Å². The quantitative estimate of drug-likeness (QED) is 0.0225. The van der Waals surface area contributed by atoms with Crippen molar-refractivity contribution < 1.29 is 61.9 Å². The van der Waals surface area contributed by atoms with Crippen molar-refractivity contribution in [2.24, 2.45) is 35.3 Å². The molecule has 0 amide bonds. The highest BCUT2D eigenvalue weighted by Crippen LogP contribution is 2.47. The Balaban J connectivity index is 0.000000147. The molecule has 0 aliphatic heterocycles. The number of H-pyrrole nitrogens is 2. The molecule has 30 nitrogen and oxygen atoms in total. The Kier molecular flexibility index (Phi) is 33.1. The van der Waals surface area contributed by atoms with E-state index < -0.39 is 47.2 Å². The Labute approximate surface area is 795 Å². The first kappa shape index (κ1) is 100. The summed E-state index contributed by atoms with van der Waals surface area (Å²) in [5.74, 6) is -2.92. The molecular formula is C97H95Cl5F3N17O13. The molecule has 7 heterocycles. The zero-order valence-electron chi connectivity index (χ0n) is 73.7. The lowest BCUT2D eigenvalue weighted by Crippen LogP contribution is -2.29. The van der Waals surface area contributed by atoms with Gasteiger partial charge in [-0.25, -0.2) is 54.4 Å². The van der Waals surface area contributed by atoms with Crippen molar-refractivity contribution >= 4 is 154 Å². The fourth-order valence-corrected chi connectivity index (χ4v) is 15.8. The third-order valence-electron chi connectivity index (χ3n) is 21.4. The van der Waals surface area contributed by atoms with E-state index in [-0.39, 0.29) is 75.6 Å². The van der Waals surface area contributed by atoms with Crippen LogP contribution < -0.4 is 33.9 Å². The smallest absolute Gasteiger partial charge is 0.481 e. The molecule has 11 N–H and O–H groups in total. The van der Waals surface area contributed by atoms with Gasteiger partial charge in [-0.3, -0.25) is 42.5 Å². The predicted octanol–water partition coefficient (Wildman–Crippen LogP) is 19.5. The largest absolute Gasteiger partial charge is 0.490 e. The second-order valence-corrected chi connectivity index (χ2v) is 36.0. The fraction of sp³-hybridized carbons (Fsp3) is 0.289. The van der Waals surface area contributed by atoms with Gasteiger partial charge in [-0.05, 0) is 214 Å². The molecule has 0 saturated heterocycles. The van der Waals surface area contributed by atoms with Gasteiger partial charge in [-0.15, -0.1) is 0 Å². The summed E-state index contributed by atoms with van der Waals surface area (Å²) in [6, 6.07) is 58.3. The number of aromatic carboxylic acids is 1. The number of hydrogen-bond acceptors (Lipinski definition) is 22. The summed E-state index contributed by atoms with van der Waals surface area (Å²) in [6.07, 6.45) is 10.0. The number of aliphatic carboxylic acids is 2. The third kappa shape index (κ3) is 26.9. The van der Waals surface area contributed by atoms with E-state index >= 15 is 0 Å². The van der Waals surface area contributed by atoms with Crippen molar-refractivity contribution in [3.8, 4) is 17.1 Å². The number of nitrogen functional groups attached to an aromatic ring is 2. The van der Waals surface area contributed by atoms with Gasteiger partial charge in [-0.2, -0.15) is 13.2 Å². The number of hydrogen-bond donors (Lipinski definition) is 8. The minimum atomic E-state index is -5.08. The maximum Gasteiger partial charge on any atom is 0.490 e. The first-order valence-electron chi connectivity index (χ1n) is 42.8. The summed E-state index contributed by atoms with van der Waals surface area (Å²) in [6.45, 7) is 10.9. The van der Waals surface area contributed by atoms with Crippen LogP contribution in [0, 0.1) is 29.6 Å². The molecular weight excluding hydrogens is 1850 g/mol. The first-order valence-corrected chi connectivity index (χ1v) is 44.7. The number of fused-ring (bicyclic) bond motifs is 5. The van der Waals surface area contributed by atoms with Gasteiger partial charge in [-0.1, -0.05) is 155 Å². The molecule has 7 aromatic heterocycles. The van der Waals surface area contributed by atoms with Gasteiger partial charge >= 0.3 is 36.0 Å². The molecule has 135 heavy (non-hydrogen) atoms. The molecule has 0 spiro atoms. The lowest BCUT2D eigenvalue weighted by molar-refractivity contribution is -0.192. The number of ether oxygens (including phenoxy) is 2. The van der Waals surface area contributed by atoms with Crippen LogP contribution in [0.4, 0.5) is 24.5 Å². The molecule has 4 saturated carbocycles. The molecule has 38 heteroatoms. The molecule has 19 rings (SSSR count). The number of esters is 2. The number of imidazole rings is 2. The molecule has 0 bridgehead atoms. The molecule has 4 aliphatic rings. The lowest BCUT2D eigenvalue weighted by Gasteiger charge is -2.24. The van der Waals surface area contributed by atoms with Crippen molar-refractivity contribution in [2.75, 3.05) is 11.5 Å². The molecule has 0 unspecified atom stereocenters. The number of para-hydroxylation sites is 4. The highest BCUT2D eigenvalue weighted by Gasteiger charge is 2.42. The van der Waals surface area contributed by atoms with Crippen molar-refractivity contribution in [3.63, 3.8) is 0 Å². The summed E-state index contributed by atoms with van der Waals surface area (Å²) in [4.78, 5) is 140. The van der Waals surface area contributed by atoms with E-state index in [0.29, 0.717) is 111 Å². The van der Waals surface area contributed by atoms with Crippen molar-refractivity contribution in [1.82, 2.24) is 68.5 Å². The SMILES string of the molecule is CC(C)(C)OC(=O)C[C@H](C(=O)O)C1CC1.CC(C)(C)OC(=O)C[C@H](c1nc2cccc(Cl)c2c(=O)n1-c1ccccc1)C1CC1.Clc1ncnc2nc[nH]c12.N[C@H](c1nc2cccc(Cl)c2c(=O)n1-c1ccccc1)C1CC1.Nc1cccc(Cl)c1C(=O)O.Nc1ccccc1.O=C(O)C(F)(F)F.O=c1c2c(Cl)cccc2nc([C@@H](Cc2ncnc3nc[nH]c23)C2CC2)n1-c1ccccc1. The highest BCUT2D eigenvalue weighted by molar-refractivity contribution is 6.36. The maximum atomic E-state index is 13.7. The number of carbonyl (C=O) groups is 5. The van der Waals surface area contributed by atoms with Crippen LogP contribution in [0.5, 0.6) is 0 Å². The number of rotatable bonds is 18. The van der Waals surface area contributed by atoms with Crippen molar-refractivity contribution in [3.05, 3.63) is 304 Å². The molecule has 15 aromatic rings. The zero-order chi connectivity index (χ0) is 97.3. The second kappa shape index (κ2) is 44.5. The topological polar surface area (TPSA) is 456 Å². The van der Waals surface area contributed by atoms with Crippen molar-refractivity contribution in [2.45, 2.75) is 147 Å². The van der Waals surface area contributed by atoms with Gasteiger partial charge in [0.25, 0.3) is 16.7 Å². The molecule has 702 valence electrons. The number of halogens is 8. The number of alkyl halides is 3. The summed E-state index contributed by atoms with van der Waals surface area (Å²) in [7, 11) is 0. The number of aromatic nitrogens is 14. The number of carbonyl (C=O) groups excluding carboxylic acids is 2. The van der Waals surface area contributed by atoms with E-state index in [1.807, 2.05) is 154 Å². The minimum absolute atomic E-state index is 0.00271. The van der Waals surface area contributed by atoms with Gasteiger partial charge in [0.2, 0.25) is 0 Å². The van der Waals surface area contributed by atoms with Gasteiger partial charge in [0.1, 0.15) is 57.9 Å². The summed E-state index contributed by atoms with van der Waals surface area (Å²) < 4.78 is 47.4. The average molecular weight is 1940 g/mol. The number of benzene rings is 8. The van der Waals surface area contributed by atoms with E-state index in [4.69, 9.17) is 115 Å². The fourth-order valence-electron chi connectivity index (χ4n) is 14.6. The van der Waals surface area contributed by atoms with Crippen LogP contribution in [0.15, 0.2) is 234 Å². The molecule has 0 radical (unpaired) electrons. The Hall–Kier alpha value is -13.6. The third-order valence-corrected chi connectivity index (χ3v) is 23.0. The van der Waals surface area contributed by atoms with E-state index in [1.54, 1.807) is 95.7 Å². The number of nitrogens with zero attached hydrogens (tertiary/aromatic N) is 12. The van der Waals surface area contributed by atoms with Gasteiger partial charge < -0.3 is 52.0 Å². The summed E-state index contributed by atoms with van der Waals surface area (Å²) >= 11 is 30.3. The number of carboxylic acid groups (broad SMARTS) is 3. The maximum absolute atomic E-state index is 13.7. The highest BCUT2D eigenvalue weighted by atomic mass is 35.5. The Morgan fingerprint density at radius 2 is 0.822 bits per heavy atom. The van der Waals surface area contributed by atoms with E-state index in [1.165, 1.54) is 24.8 Å². The Morgan fingerprint density at radius 3 is 1.20 bits per heavy atom. The van der Waals surface area contributed by atoms with E-state index in [9.17, 15) is 46.7 Å². The lowest BCUT2D eigenvalue weighted by atomic mass is 9.95. The second-order valence-electron chi connectivity index (χ2n) is 34.0. The molecule has 4 aliphatic carbocycles. The predicted molar refractivity (Wildman–Crippen MR) is 512 cm³/mol. The number of aromatic amines is 2. The number of nitrogens with one attached hydrogen (secondary N) is 2. The van der Waals surface area contributed by atoms with E-state index in [2.05, 4.69) is 44.9 Å². The van der Waals surface area contributed by atoms with Crippen LogP contribution in [0.3, 0.4) is 0 Å². The van der Waals surface area contributed by atoms with Crippen LogP contribution in [0.1, 0.15) is 157 Å². The molecule has 4 fully saturated rings. The standard InChI is InChI=1S/C24H19ClN6O.C24H25ClN2O3.C18H16ClN3O.C11H18O4.C7H6ClNO2.C6H7N.C5H3ClN4.C2HF3O2/c25-17-7-4-8-18-20(17)24(32)31(15-5-2-1-3-6-15)23(30-18)16(14-9-10-14)11-19-21-22(28-12-26-19)29-13-27-21;1-24(2,3)30-20(28)14-17(15-12-13-15)22-26-19-11-7-10-18(25)21(19)23(29)27(22)16-8-5-4-6-9-16;19-13-7-4-8-14-15(13)18(23)22(12-5-2-1-3-6-12)17(21-14)16(20)11-9-10-11;1-11(2,3)15-9(12)6-8(10(13)14)7-4-5-7;8-4-2-1-3-5(9)6(4)7(10)11;7-6-4-2-1-3-5-6;6-4-3-5(9-1-7-3)10-2-8-4;3-2(4,5)1(6)7/h1-8,12-14,16H,9-11H2,(H,26,27,28,29);4-11,15,17H,12-14H2,1-3H3;1-8,11,16H,9-10,20H2;7-8H,4-6H2,1-3H3,(H,13,14);1-3H,9H2,(H,10,11);1-5H,7H2;1-2H,(H,7,8,9,10);(H,6,7)/t16-;17-;16-;8-;;;;/m0000..../s1. The molecule has 8 aromatic carbocycles. The zero-order valence-corrected chi connectivity index (χ0v) is 77.5. The number of carboxylic acids is 3. The molecule has 4 atom stereocenters. The van der Waals surface area contributed by atoms with Gasteiger partial charge in [0, 0.05) is 29.6 Å². The van der Waals surface area contributed by atoms with Crippen LogP contribution in [-0.4, -0.2) is 131 Å². The van der Waals surface area contributed by atoms with E-state index in [0.717, 1.165) is 85.5 Å². The van der Waals surface area contributed by atoms with Gasteiger partial charge in [0.15, 0.2) is 16.4 Å². The van der Waals surface area contributed by atoms with Crippen molar-refractivity contribution in [1.29, 1.82) is 0 Å². The number of nitrogens with two attached hydrogens (primary N) is 3. The van der Waals surface area contributed by atoms with Crippen LogP contribution in [0.2, 0.25) is 25.2 Å². The van der Waals surface area contributed by atoms with Crippen LogP contribution in [0.25, 0.3) is 72.1 Å². The Morgan fingerprint density at radius 1 is 0.452 bits per heavy atom. The minimum Gasteiger partial charge on any atom is -0.481 e. The first-order chi connectivity index (χ1) is 64.2. The van der Waals surface area contributed by atoms with Crippen LogP contribution >= 0.6 is 58.0 Å². The number of anilines is 2. The average Bonchev–Trinajstić information content (AvgIpc) is 1.72. The van der Waals surface area contributed by atoms with Gasteiger partial charge in [0.05, 0.1) is 113 Å².